The van der Waals surface area contributed by atoms with Gasteiger partial charge in [-0.1, -0.05) is 38.1 Å². The van der Waals surface area contributed by atoms with Crippen LogP contribution < -0.4 is 0 Å². The van der Waals surface area contributed by atoms with Crippen LogP contribution in [0, 0.1) is 0 Å². The zero-order valence-corrected chi connectivity index (χ0v) is 15.7. The van der Waals surface area contributed by atoms with E-state index in [1.807, 2.05) is 17.0 Å². The summed E-state index contributed by atoms with van der Waals surface area (Å²) >= 11 is 0. The monoisotopic (exact) mass is 365 g/mol. The molecule has 3 heterocycles. The molecule has 140 valence electrons. The molecular formula is C21H23N3O3. The number of benzene rings is 1. The Labute approximate surface area is 158 Å². The van der Waals surface area contributed by atoms with Crippen LogP contribution in [0.3, 0.4) is 0 Å². The first-order valence-electron chi connectivity index (χ1n) is 9.13. The number of nitrogens with one attached hydrogen (secondary N) is 1. The lowest BCUT2D eigenvalue weighted by atomic mass is 9.95. The molecule has 0 bridgehead atoms. The molecule has 27 heavy (non-hydrogen) atoms. The van der Waals surface area contributed by atoms with E-state index in [-0.39, 0.29) is 11.9 Å². The van der Waals surface area contributed by atoms with Crippen molar-refractivity contribution in [3.8, 4) is 11.5 Å². The second kappa shape index (κ2) is 7.04. The quantitative estimate of drug-likeness (QED) is 0.717. The van der Waals surface area contributed by atoms with E-state index in [0.29, 0.717) is 30.5 Å². The number of aromatic amines is 1. The molecule has 1 atom stereocenters. The minimum atomic E-state index is -0.220. The van der Waals surface area contributed by atoms with Gasteiger partial charge in [0.2, 0.25) is 0 Å². The van der Waals surface area contributed by atoms with Crippen molar-refractivity contribution in [3.05, 3.63) is 65.0 Å². The van der Waals surface area contributed by atoms with E-state index in [1.54, 1.807) is 13.4 Å². The van der Waals surface area contributed by atoms with Crippen LogP contribution in [-0.2, 0) is 4.74 Å². The lowest BCUT2D eigenvalue weighted by Gasteiger charge is -2.26. The summed E-state index contributed by atoms with van der Waals surface area (Å²) in [6.07, 6.45) is 1.62. The Hall–Kier alpha value is -2.86. The largest absolute Gasteiger partial charge is 0.463 e. The highest BCUT2D eigenvalue weighted by Crippen LogP contribution is 2.42. The van der Waals surface area contributed by atoms with Crippen LogP contribution in [0.1, 0.15) is 53.0 Å². The zero-order valence-electron chi connectivity index (χ0n) is 15.7. The summed E-state index contributed by atoms with van der Waals surface area (Å²) in [6, 6.07) is 11.9. The van der Waals surface area contributed by atoms with E-state index in [1.165, 1.54) is 5.56 Å². The van der Waals surface area contributed by atoms with Gasteiger partial charge in [0, 0.05) is 19.2 Å². The van der Waals surface area contributed by atoms with Crippen LogP contribution in [0.2, 0.25) is 0 Å². The first-order valence-corrected chi connectivity index (χ1v) is 9.13. The SMILES string of the molecule is COCCN1C(=O)c2n[nH]c(-c3ccco3)c2C1c1ccc(C(C)C)cc1. The number of carbonyl (C=O) groups is 1. The van der Waals surface area contributed by atoms with E-state index in [2.05, 4.69) is 48.3 Å². The van der Waals surface area contributed by atoms with Crippen LogP contribution in [0.5, 0.6) is 0 Å². The second-order valence-electron chi connectivity index (χ2n) is 7.05. The predicted octanol–water partition coefficient (Wildman–Crippen LogP) is 3.98. The molecular weight excluding hydrogens is 342 g/mol. The van der Waals surface area contributed by atoms with Crippen molar-refractivity contribution in [2.24, 2.45) is 0 Å². The Morgan fingerprint density at radius 3 is 2.67 bits per heavy atom. The molecule has 1 N–H and O–H groups in total. The standard InChI is InChI=1S/C21H23N3O3/c1-13(2)14-6-8-15(9-7-14)20-17-18(16-5-4-11-27-16)22-23-19(17)21(25)24(20)10-12-26-3/h4-9,11,13,20H,10,12H2,1-3H3,(H,22,23). The Morgan fingerprint density at radius 1 is 1.26 bits per heavy atom. The van der Waals surface area contributed by atoms with Gasteiger partial charge in [0.25, 0.3) is 5.91 Å². The van der Waals surface area contributed by atoms with Gasteiger partial charge in [-0.2, -0.15) is 5.10 Å². The average Bonchev–Trinajstić information content (AvgIpc) is 3.38. The van der Waals surface area contributed by atoms with Crippen LogP contribution in [0.15, 0.2) is 47.1 Å². The van der Waals surface area contributed by atoms with Crippen LogP contribution >= 0.6 is 0 Å². The number of fused-ring (bicyclic) bond motifs is 1. The molecule has 1 aromatic carbocycles. The number of carbonyl (C=O) groups excluding carboxylic acids is 1. The molecule has 0 spiro atoms. The van der Waals surface area contributed by atoms with E-state index in [9.17, 15) is 4.79 Å². The van der Waals surface area contributed by atoms with Crippen molar-refractivity contribution < 1.29 is 13.9 Å². The van der Waals surface area contributed by atoms with Gasteiger partial charge in [-0.15, -0.1) is 0 Å². The van der Waals surface area contributed by atoms with E-state index in [0.717, 1.165) is 16.8 Å². The maximum atomic E-state index is 13.0. The van der Waals surface area contributed by atoms with Crippen molar-refractivity contribution in [3.63, 3.8) is 0 Å². The predicted molar refractivity (Wildman–Crippen MR) is 102 cm³/mol. The Kier molecular flexibility index (Phi) is 4.58. The molecule has 0 fully saturated rings. The highest BCUT2D eigenvalue weighted by atomic mass is 16.5. The molecule has 2 aromatic heterocycles. The first-order chi connectivity index (χ1) is 13.1. The molecule has 4 rings (SSSR count). The fourth-order valence-corrected chi connectivity index (χ4v) is 3.63. The molecule has 0 aliphatic carbocycles. The molecule has 1 aliphatic heterocycles. The maximum Gasteiger partial charge on any atom is 0.275 e. The molecule has 3 aromatic rings. The summed E-state index contributed by atoms with van der Waals surface area (Å²) in [4.78, 5) is 14.8. The van der Waals surface area contributed by atoms with Crippen molar-refractivity contribution in [2.75, 3.05) is 20.3 Å². The summed E-state index contributed by atoms with van der Waals surface area (Å²) in [5.41, 5.74) is 4.39. The minimum absolute atomic E-state index is 0.0888. The fourth-order valence-electron chi connectivity index (χ4n) is 3.63. The van der Waals surface area contributed by atoms with Crippen LogP contribution in [0.25, 0.3) is 11.5 Å². The number of ether oxygens (including phenoxy) is 1. The molecule has 0 saturated carbocycles. The second-order valence-corrected chi connectivity index (χ2v) is 7.05. The first kappa shape index (κ1) is 17.5. The number of amides is 1. The summed E-state index contributed by atoms with van der Waals surface area (Å²) in [5, 5.41) is 7.29. The van der Waals surface area contributed by atoms with Gasteiger partial charge in [0.1, 0.15) is 5.69 Å². The van der Waals surface area contributed by atoms with Gasteiger partial charge in [0.05, 0.1) is 18.9 Å². The molecule has 0 saturated heterocycles. The number of hydrogen-bond acceptors (Lipinski definition) is 4. The summed E-state index contributed by atoms with van der Waals surface area (Å²) < 4.78 is 10.8. The third kappa shape index (κ3) is 2.96. The summed E-state index contributed by atoms with van der Waals surface area (Å²) in [5.74, 6) is 1.04. The number of H-pyrrole nitrogens is 1. The van der Waals surface area contributed by atoms with Gasteiger partial charge in [-0.3, -0.25) is 9.89 Å². The molecule has 0 radical (unpaired) electrons. The molecule has 1 aliphatic rings. The number of furan rings is 1. The summed E-state index contributed by atoms with van der Waals surface area (Å²) in [6.45, 7) is 5.31. The Bertz CT molecular complexity index is 926. The zero-order chi connectivity index (χ0) is 19.0. The highest BCUT2D eigenvalue weighted by molar-refractivity contribution is 5.99. The normalized spacial score (nSPS) is 16.4. The smallest absolute Gasteiger partial charge is 0.275 e. The molecule has 1 amide bonds. The molecule has 6 nitrogen and oxygen atoms in total. The van der Waals surface area contributed by atoms with Crippen LogP contribution in [0.4, 0.5) is 0 Å². The van der Waals surface area contributed by atoms with Crippen molar-refractivity contribution in [1.82, 2.24) is 15.1 Å². The topological polar surface area (TPSA) is 71.4 Å². The minimum Gasteiger partial charge on any atom is -0.463 e. The van der Waals surface area contributed by atoms with Gasteiger partial charge >= 0.3 is 0 Å². The summed E-state index contributed by atoms with van der Waals surface area (Å²) in [7, 11) is 1.64. The lowest BCUT2D eigenvalue weighted by molar-refractivity contribution is 0.0677. The number of hydrogen-bond donors (Lipinski definition) is 1. The van der Waals surface area contributed by atoms with E-state index >= 15 is 0 Å². The van der Waals surface area contributed by atoms with Gasteiger partial charge in [0.15, 0.2) is 11.5 Å². The number of aromatic nitrogens is 2. The highest BCUT2D eigenvalue weighted by Gasteiger charge is 2.42. The lowest BCUT2D eigenvalue weighted by Crippen LogP contribution is -2.32. The van der Waals surface area contributed by atoms with Gasteiger partial charge < -0.3 is 14.1 Å². The third-order valence-electron chi connectivity index (χ3n) is 5.08. The van der Waals surface area contributed by atoms with Crippen molar-refractivity contribution in [1.29, 1.82) is 0 Å². The van der Waals surface area contributed by atoms with Crippen molar-refractivity contribution >= 4 is 5.91 Å². The van der Waals surface area contributed by atoms with Crippen molar-refractivity contribution in [2.45, 2.75) is 25.8 Å². The van der Waals surface area contributed by atoms with Gasteiger partial charge in [-0.25, -0.2) is 0 Å². The average molecular weight is 365 g/mol. The third-order valence-corrected chi connectivity index (χ3v) is 5.08. The molecule has 6 heteroatoms. The number of rotatable bonds is 6. The van der Waals surface area contributed by atoms with E-state index in [4.69, 9.17) is 9.15 Å². The fraction of sp³-hybridized carbons (Fsp3) is 0.333. The van der Waals surface area contributed by atoms with E-state index < -0.39 is 0 Å². The number of methoxy groups -OCH3 is 1. The number of nitrogens with zero attached hydrogens (tertiary/aromatic N) is 2. The maximum absolute atomic E-state index is 13.0. The van der Waals surface area contributed by atoms with Gasteiger partial charge in [-0.05, 0) is 29.2 Å². The van der Waals surface area contributed by atoms with Crippen LogP contribution in [-0.4, -0.2) is 41.3 Å². The Balaban J connectivity index is 1.81. The molecule has 1 unspecified atom stereocenters. The Morgan fingerprint density at radius 2 is 2.04 bits per heavy atom.